The van der Waals surface area contributed by atoms with Crippen LogP contribution in [0.15, 0.2) is 53.4 Å². The number of para-hydroxylation sites is 1. The molecule has 0 saturated heterocycles. The van der Waals surface area contributed by atoms with Crippen LogP contribution in [0, 0.1) is 0 Å². The number of halogens is 3. The van der Waals surface area contributed by atoms with E-state index < -0.39 is 45.7 Å². The molecule has 1 amide bonds. The molecule has 0 aliphatic heterocycles. The van der Waals surface area contributed by atoms with E-state index in [1.54, 1.807) is 0 Å². The molecule has 27 heavy (non-hydrogen) atoms. The van der Waals surface area contributed by atoms with Gasteiger partial charge in [0.2, 0.25) is 0 Å². The lowest BCUT2D eigenvalue weighted by molar-refractivity contribution is -0.137. The zero-order chi connectivity index (χ0) is 20.2. The Hall–Kier alpha value is -2.88. The average molecular weight is 401 g/mol. The summed E-state index contributed by atoms with van der Waals surface area (Å²) in [6.07, 6.45) is -3.65. The first-order chi connectivity index (χ1) is 12.5. The first kappa shape index (κ1) is 20.4. The largest absolute Gasteiger partial charge is 0.452 e. The molecule has 2 aromatic rings. The molecule has 0 saturated carbocycles. The topological polar surface area (TPSA) is 89.5 Å². The number of amides is 1. The van der Waals surface area contributed by atoms with Gasteiger partial charge in [-0.05, 0) is 36.4 Å². The van der Waals surface area contributed by atoms with Gasteiger partial charge in [-0.15, -0.1) is 0 Å². The number of ether oxygens (including phenoxy) is 1. The van der Waals surface area contributed by atoms with Gasteiger partial charge >= 0.3 is 12.1 Å². The molecule has 10 heteroatoms. The highest BCUT2D eigenvalue weighted by molar-refractivity contribution is 7.90. The summed E-state index contributed by atoms with van der Waals surface area (Å²) in [7, 11) is -3.43. The van der Waals surface area contributed by atoms with Crippen molar-refractivity contribution in [3.63, 3.8) is 0 Å². The molecule has 0 spiro atoms. The third-order valence-corrected chi connectivity index (χ3v) is 4.49. The van der Waals surface area contributed by atoms with Gasteiger partial charge in [0.1, 0.15) is 0 Å². The molecule has 0 aromatic heterocycles. The van der Waals surface area contributed by atoms with E-state index in [1.807, 2.05) is 5.32 Å². The standard InChI is InChI=1S/C17H14F3NO5S/c1-27(24,25)12-8-6-11(7-9-12)16(23)26-10-15(22)21-14-5-3-2-4-13(14)17(18,19)20/h2-9H,10H2,1H3,(H,21,22). The predicted octanol–water partition coefficient (Wildman–Crippen LogP) is 2.90. The minimum Gasteiger partial charge on any atom is -0.452 e. The van der Waals surface area contributed by atoms with Gasteiger partial charge in [-0.2, -0.15) is 13.2 Å². The van der Waals surface area contributed by atoms with Gasteiger partial charge in [0.15, 0.2) is 16.4 Å². The summed E-state index contributed by atoms with van der Waals surface area (Å²) in [6.45, 7) is -0.807. The number of carbonyl (C=O) groups is 2. The summed E-state index contributed by atoms with van der Waals surface area (Å²) in [6, 6.07) is 9.19. The van der Waals surface area contributed by atoms with Crippen LogP contribution in [0.5, 0.6) is 0 Å². The van der Waals surface area contributed by atoms with Crippen molar-refractivity contribution in [1.82, 2.24) is 0 Å². The van der Waals surface area contributed by atoms with Crippen LogP contribution in [0.25, 0.3) is 0 Å². The highest BCUT2D eigenvalue weighted by Gasteiger charge is 2.33. The fourth-order valence-corrected chi connectivity index (χ4v) is 2.71. The highest BCUT2D eigenvalue weighted by atomic mass is 32.2. The second-order valence-electron chi connectivity index (χ2n) is 5.46. The van der Waals surface area contributed by atoms with E-state index in [4.69, 9.17) is 4.74 Å². The van der Waals surface area contributed by atoms with Crippen LogP contribution in [-0.4, -0.2) is 33.2 Å². The monoisotopic (exact) mass is 401 g/mol. The summed E-state index contributed by atoms with van der Waals surface area (Å²) < 4.78 is 66.0. The zero-order valence-corrected chi connectivity index (χ0v) is 14.7. The van der Waals surface area contributed by atoms with Crippen molar-refractivity contribution in [3.05, 3.63) is 59.7 Å². The van der Waals surface area contributed by atoms with E-state index in [2.05, 4.69) is 0 Å². The van der Waals surface area contributed by atoms with Crippen molar-refractivity contribution >= 4 is 27.4 Å². The van der Waals surface area contributed by atoms with Crippen LogP contribution >= 0.6 is 0 Å². The molecule has 0 unspecified atom stereocenters. The third kappa shape index (κ3) is 5.55. The van der Waals surface area contributed by atoms with Crippen LogP contribution in [0.3, 0.4) is 0 Å². The molecule has 1 N–H and O–H groups in total. The van der Waals surface area contributed by atoms with Crippen molar-refractivity contribution in [2.75, 3.05) is 18.2 Å². The van der Waals surface area contributed by atoms with Crippen LogP contribution in [0.2, 0.25) is 0 Å². The van der Waals surface area contributed by atoms with Gasteiger partial charge < -0.3 is 10.1 Å². The van der Waals surface area contributed by atoms with Gasteiger partial charge in [0.25, 0.3) is 5.91 Å². The van der Waals surface area contributed by atoms with E-state index in [9.17, 15) is 31.2 Å². The normalized spacial score (nSPS) is 11.7. The second-order valence-corrected chi connectivity index (χ2v) is 7.48. The number of alkyl halides is 3. The van der Waals surface area contributed by atoms with E-state index >= 15 is 0 Å². The number of hydrogen-bond acceptors (Lipinski definition) is 5. The number of esters is 1. The fraction of sp³-hybridized carbons (Fsp3) is 0.176. The Kier molecular flexibility index (Phi) is 5.89. The molecule has 0 heterocycles. The second kappa shape index (κ2) is 7.78. The SMILES string of the molecule is CS(=O)(=O)c1ccc(C(=O)OCC(=O)Nc2ccccc2C(F)(F)F)cc1. The Balaban J connectivity index is 1.99. The van der Waals surface area contributed by atoms with E-state index in [1.165, 1.54) is 36.4 Å². The van der Waals surface area contributed by atoms with Gasteiger partial charge in [0, 0.05) is 6.26 Å². The molecule has 0 aliphatic carbocycles. The molecule has 0 aliphatic rings. The first-order valence-corrected chi connectivity index (χ1v) is 9.31. The molecule has 0 bridgehead atoms. The van der Waals surface area contributed by atoms with E-state index in [-0.39, 0.29) is 10.5 Å². The van der Waals surface area contributed by atoms with Crippen LogP contribution < -0.4 is 5.32 Å². The molecule has 0 fully saturated rings. The molecular weight excluding hydrogens is 387 g/mol. The maximum Gasteiger partial charge on any atom is 0.418 e. The number of carbonyl (C=O) groups excluding carboxylic acids is 2. The molecule has 2 aromatic carbocycles. The lowest BCUT2D eigenvalue weighted by Gasteiger charge is -2.13. The number of benzene rings is 2. The summed E-state index contributed by atoms with van der Waals surface area (Å²) in [5, 5.41) is 2.04. The summed E-state index contributed by atoms with van der Waals surface area (Å²) in [5.41, 5.74) is -1.49. The fourth-order valence-electron chi connectivity index (χ4n) is 2.08. The molecule has 2 rings (SSSR count). The Morgan fingerprint density at radius 2 is 1.63 bits per heavy atom. The molecule has 0 atom stereocenters. The summed E-state index contributed by atoms with van der Waals surface area (Å²) in [4.78, 5) is 23.6. The molecule has 6 nitrogen and oxygen atoms in total. The molecule has 0 radical (unpaired) electrons. The van der Waals surface area contributed by atoms with E-state index in [0.29, 0.717) is 0 Å². The Morgan fingerprint density at radius 3 is 2.19 bits per heavy atom. The van der Waals surface area contributed by atoms with Gasteiger partial charge in [-0.1, -0.05) is 12.1 Å². The van der Waals surface area contributed by atoms with Crippen molar-refractivity contribution in [3.8, 4) is 0 Å². The molecule has 144 valence electrons. The minimum atomic E-state index is -4.65. The number of anilines is 1. The lowest BCUT2D eigenvalue weighted by atomic mass is 10.1. The smallest absolute Gasteiger partial charge is 0.418 e. The number of hydrogen-bond donors (Lipinski definition) is 1. The van der Waals surface area contributed by atoms with Crippen molar-refractivity contribution in [2.45, 2.75) is 11.1 Å². The maximum absolute atomic E-state index is 12.9. The van der Waals surface area contributed by atoms with Crippen molar-refractivity contribution in [2.24, 2.45) is 0 Å². The number of rotatable bonds is 5. The lowest BCUT2D eigenvalue weighted by Crippen LogP contribution is -2.22. The van der Waals surface area contributed by atoms with Crippen LogP contribution in [0.1, 0.15) is 15.9 Å². The molecular formula is C17H14F3NO5S. The minimum absolute atomic E-state index is 0.000510. The average Bonchev–Trinajstić information content (AvgIpc) is 2.58. The van der Waals surface area contributed by atoms with Gasteiger partial charge in [-0.25, -0.2) is 13.2 Å². The Morgan fingerprint density at radius 1 is 1.04 bits per heavy atom. The predicted molar refractivity (Wildman–Crippen MR) is 89.9 cm³/mol. The Bertz CT molecular complexity index is 953. The Labute approximate surface area is 152 Å². The summed E-state index contributed by atoms with van der Waals surface area (Å²) in [5.74, 6) is -1.87. The van der Waals surface area contributed by atoms with E-state index in [0.717, 1.165) is 18.4 Å². The maximum atomic E-state index is 12.9. The van der Waals surface area contributed by atoms with Gasteiger partial charge in [-0.3, -0.25) is 4.79 Å². The summed E-state index contributed by atoms with van der Waals surface area (Å²) >= 11 is 0. The van der Waals surface area contributed by atoms with Crippen LogP contribution in [0.4, 0.5) is 18.9 Å². The zero-order valence-electron chi connectivity index (χ0n) is 13.9. The van der Waals surface area contributed by atoms with Crippen molar-refractivity contribution in [1.29, 1.82) is 0 Å². The number of nitrogens with one attached hydrogen (secondary N) is 1. The first-order valence-electron chi connectivity index (χ1n) is 7.42. The van der Waals surface area contributed by atoms with Gasteiger partial charge in [0.05, 0.1) is 21.7 Å². The highest BCUT2D eigenvalue weighted by Crippen LogP contribution is 2.34. The third-order valence-electron chi connectivity index (χ3n) is 3.36. The number of sulfone groups is 1. The quantitative estimate of drug-likeness (QED) is 0.779. The van der Waals surface area contributed by atoms with Crippen molar-refractivity contribution < 1.29 is 35.9 Å². The van der Waals surface area contributed by atoms with Crippen LogP contribution in [-0.2, 0) is 25.5 Å².